The van der Waals surface area contributed by atoms with Gasteiger partial charge in [-0.1, -0.05) is 24.3 Å². The van der Waals surface area contributed by atoms with Gasteiger partial charge in [0.2, 0.25) is 11.7 Å². The first-order valence-corrected chi connectivity index (χ1v) is 12.9. The van der Waals surface area contributed by atoms with Crippen LogP contribution in [0.5, 0.6) is 0 Å². The molecular formula is C29H28N8O2. The van der Waals surface area contributed by atoms with Crippen LogP contribution in [0.15, 0.2) is 67.0 Å². The van der Waals surface area contributed by atoms with E-state index in [1.54, 1.807) is 0 Å². The van der Waals surface area contributed by atoms with E-state index in [0.29, 0.717) is 43.0 Å². The Labute approximate surface area is 225 Å². The van der Waals surface area contributed by atoms with E-state index in [1.807, 2.05) is 53.7 Å². The lowest BCUT2D eigenvalue weighted by Gasteiger charge is -2.31. The highest BCUT2D eigenvalue weighted by atomic mass is 16.2. The van der Waals surface area contributed by atoms with Crippen LogP contribution >= 0.6 is 0 Å². The number of rotatable bonds is 5. The van der Waals surface area contributed by atoms with Crippen molar-refractivity contribution in [2.45, 2.75) is 26.7 Å². The van der Waals surface area contributed by atoms with Crippen molar-refractivity contribution in [3.63, 3.8) is 0 Å². The molecule has 1 aliphatic rings. The van der Waals surface area contributed by atoms with Crippen LogP contribution in [-0.2, 0) is 4.79 Å². The van der Waals surface area contributed by atoms with Gasteiger partial charge in [0.1, 0.15) is 6.33 Å². The van der Waals surface area contributed by atoms with Gasteiger partial charge in [-0.3, -0.25) is 14.2 Å². The Kier molecular flexibility index (Phi) is 6.36. The second-order valence-corrected chi connectivity index (χ2v) is 9.98. The van der Waals surface area contributed by atoms with Crippen LogP contribution in [0.1, 0.15) is 34.3 Å². The van der Waals surface area contributed by atoms with Gasteiger partial charge in [0.15, 0.2) is 0 Å². The number of anilines is 1. The van der Waals surface area contributed by atoms with E-state index in [0.717, 1.165) is 27.8 Å². The van der Waals surface area contributed by atoms with Crippen LogP contribution in [0.2, 0.25) is 0 Å². The number of carbonyl (C=O) groups excluding carboxylic acids is 2. The molecule has 0 unspecified atom stereocenters. The van der Waals surface area contributed by atoms with Crippen molar-refractivity contribution in [1.29, 1.82) is 0 Å². The Morgan fingerprint density at radius 2 is 1.85 bits per heavy atom. The van der Waals surface area contributed by atoms with Gasteiger partial charge in [-0.25, -0.2) is 4.98 Å². The fourth-order valence-corrected chi connectivity index (χ4v) is 5.11. The van der Waals surface area contributed by atoms with Crippen LogP contribution in [0.3, 0.4) is 0 Å². The molecule has 2 amide bonds. The van der Waals surface area contributed by atoms with Crippen molar-refractivity contribution < 1.29 is 9.59 Å². The minimum absolute atomic E-state index is 0.0372. The number of benzene rings is 3. The zero-order chi connectivity index (χ0) is 26.9. The topological polar surface area (TPSA) is 122 Å². The second kappa shape index (κ2) is 10.1. The molecule has 0 aliphatic carbocycles. The molecule has 39 heavy (non-hydrogen) atoms. The number of nitrogens with zero attached hydrogens (tertiary/aromatic N) is 6. The maximum absolute atomic E-state index is 13.3. The summed E-state index contributed by atoms with van der Waals surface area (Å²) in [7, 11) is 0. The minimum Gasteiger partial charge on any atom is -0.339 e. The molecule has 196 valence electrons. The highest BCUT2D eigenvalue weighted by Gasteiger charge is 2.28. The molecule has 2 N–H and O–H groups in total. The van der Waals surface area contributed by atoms with Gasteiger partial charge in [-0.15, -0.1) is 10.2 Å². The Balaban J connectivity index is 1.10. The summed E-state index contributed by atoms with van der Waals surface area (Å²) >= 11 is 0. The molecule has 3 heterocycles. The number of piperidine rings is 1. The zero-order valence-electron chi connectivity index (χ0n) is 21.8. The predicted molar refractivity (Wildman–Crippen MR) is 147 cm³/mol. The summed E-state index contributed by atoms with van der Waals surface area (Å²) in [4.78, 5) is 32.7. The number of fused-ring (bicyclic) bond motifs is 1. The van der Waals surface area contributed by atoms with E-state index in [1.165, 1.54) is 5.56 Å². The Morgan fingerprint density at radius 1 is 1.00 bits per heavy atom. The number of nitrogens with one attached hydrogen (secondary N) is 2. The van der Waals surface area contributed by atoms with E-state index in [2.05, 4.69) is 67.5 Å². The molecule has 0 saturated carbocycles. The first-order valence-electron chi connectivity index (χ1n) is 12.9. The van der Waals surface area contributed by atoms with E-state index in [4.69, 9.17) is 0 Å². The van der Waals surface area contributed by atoms with Crippen molar-refractivity contribution >= 4 is 28.5 Å². The van der Waals surface area contributed by atoms with Crippen molar-refractivity contribution in [2.75, 3.05) is 18.4 Å². The van der Waals surface area contributed by atoms with Crippen LogP contribution in [-0.4, -0.2) is 60.0 Å². The molecule has 10 heteroatoms. The van der Waals surface area contributed by atoms with Crippen LogP contribution in [0.4, 0.5) is 5.69 Å². The summed E-state index contributed by atoms with van der Waals surface area (Å²) in [6.07, 6.45) is 3.01. The third kappa shape index (κ3) is 4.88. The summed E-state index contributed by atoms with van der Waals surface area (Å²) in [5, 5.41) is 17.0. The standard InChI is InChI=1S/C29H28N8O2/c1-18-6-7-19(2)26(14-18)37-17-30-24-16-22(8-9-25(24)37)29(39)36-12-10-20(11-13-36)28(38)31-23-5-3-4-21(15-23)27-32-34-35-33-27/h3-9,14-17,20H,10-13H2,1-2H3,(H,31,38)(H,32,33,34,35). The average Bonchev–Trinajstić information content (AvgIpc) is 3.65. The van der Waals surface area contributed by atoms with Gasteiger partial charge in [-0.2, -0.15) is 5.21 Å². The molecule has 5 aromatic rings. The first kappa shape index (κ1) is 24.5. The van der Waals surface area contributed by atoms with Gasteiger partial charge < -0.3 is 10.2 Å². The van der Waals surface area contributed by atoms with Gasteiger partial charge in [-0.05, 0) is 79.4 Å². The Bertz CT molecular complexity index is 1670. The lowest BCUT2D eigenvalue weighted by Crippen LogP contribution is -2.41. The van der Waals surface area contributed by atoms with Crippen molar-refractivity contribution in [3.05, 3.63) is 83.7 Å². The number of aromatic nitrogens is 6. The molecule has 0 atom stereocenters. The third-order valence-electron chi connectivity index (χ3n) is 7.30. The molecule has 6 rings (SSSR count). The van der Waals surface area contributed by atoms with Crippen molar-refractivity contribution in [3.8, 4) is 17.1 Å². The number of imidazole rings is 1. The molecule has 3 aromatic carbocycles. The first-order chi connectivity index (χ1) is 19.0. The number of hydrogen-bond donors (Lipinski definition) is 2. The predicted octanol–water partition coefficient (Wildman–Crippen LogP) is 4.31. The number of amides is 2. The zero-order valence-corrected chi connectivity index (χ0v) is 21.8. The summed E-state index contributed by atoms with van der Waals surface area (Å²) in [6.45, 7) is 5.20. The summed E-state index contributed by atoms with van der Waals surface area (Å²) < 4.78 is 2.06. The SMILES string of the molecule is Cc1ccc(C)c(-n2cnc3cc(C(=O)N4CCC(C(=O)Nc5cccc(-c6nn[nH]n6)c5)CC4)ccc32)c1. The molecule has 0 bridgehead atoms. The summed E-state index contributed by atoms with van der Waals surface area (Å²) in [5.41, 5.74) is 7.20. The van der Waals surface area contributed by atoms with Crippen LogP contribution in [0, 0.1) is 19.8 Å². The smallest absolute Gasteiger partial charge is 0.253 e. The molecular weight excluding hydrogens is 492 g/mol. The molecule has 2 aromatic heterocycles. The number of aromatic amines is 1. The number of H-pyrrole nitrogens is 1. The molecule has 1 fully saturated rings. The Morgan fingerprint density at radius 3 is 2.64 bits per heavy atom. The number of likely N-dealkylation sites (tertiary alicyclic amines) is 1. The highest BCUT2D eigenvalue weighted by molar-refractivity contribution is 5.98. The molecule has 1 aliphatic heterocycles. The fourth-order valence-electron chi connectivity index (χ4n) is 5.11. The molecule has 0 spiro atoms. The minimum atomic E-state index is -0.168. The third-order valence-corrected chi connectivity index (χ3v) is 7.30. The second-order valence-electron chi connectivity index (χ2n) is 9.98. The summed E-state index contributed by atoms with van der Waals surface area (Å²) in [6, 6.07) is 19.4. The van der Waals surface area contributed by atoms with Gasteiger partial charge in [0.25, 0.3) is 5.91 Å². The van der Waals surface area contributed by atoms with E-state index < -0.39 is 0 Å². The molecule has 0 radical (unpaired) electrons. The van der Waals surface area contributed by atoms with Gasteiger partial charge >= 0.3 is 0 Å². The largest absolute Gasteiger partial charge is 0.339 e. The maximum atomic E-state index is 13.3. The lowest BCUT2D eigenvalue weighted by molar-refractivity contribution is -0.121. The average molecular weight is 521 g/mol. The van der Waals surface area contributed by atoms with Crippen LogP contribution < -0.4 is 5.32 Å². The highest BCUT2D eigenvalue weighted by Crippen LogP contribution is 2.26. The molecule has 1 saturated heterocycles. The lowest BCUT2D eigenvalue weighted by atomic mass is 9.95. The quantitative estimate of drug-likeness (QED) is 0.356. The van der Waals surface area contributed by atoms with E-state index in [9.17, 15) is 9.59 Å². The van der Waals surface area contributed by atoms with E-state index in [-0.39, 0.29) is 17.7 Å². The van der Waals surface area contributed by atoms with Crippen molar-refractivity contribution in [1.82, 2.24) is 35.1 Å². The van der Waals surface area contributed by atoms with Gasteiger partial charge in [0.05, 0.1) is 16.7 Å². The maximum Gasteiger partial charge on any atom is 0.253 e. The fraction of sp³-hybridized carbons (Fsp3) is 0.241. The van der Waals surface area contributed by atoms with E-state index >= 15 is 0 Å². The monoisotopic (exact) mass is 520 g/mol. The number of carbonyl (C=O) groups is 2. The normalized spacial score (nSPS) is 14.1. The van der Waals surface area contributed by atoms with Crippen molar-refractivity contribution in [2.24, 2.45) is 5.92 Å². The number of tetrazole rings is 1. The van der Waals surface area contributed by atoms with Gasteiger partial charge in [0, 0.05) is 35.8 Å². The Hall–Kier alpha value is -4.86. The number of hydrogen-bond acceptors (Lipinski definition) is 6. The van der Waals surface area contributed by atoms with Crippen LogP contribution in [0.25, 0.3) is 28.1 Å². The summed E-state index contributed by atoms with van der Waals surface area (Å²) in [5.74, 6) is 0.211. The number of aryl methyl sites for hydroxylation is 2. The molecule has 10 nitrogen and oxygen atoms in total.